The Hall–Kier alpha value is -4.48. The Bertz CT molecular complexity index is 1430. The molecule has 0 aliphatic heterocycles. The van der Waals surface area contributed by atoms with Crippen LogP contribution in [0, 0.1) is 6.92 Å². The largest absolute Gasteiger partial charge is 0.427 e. The number of allylic oxidation sites excluding steroid dienone is 4. The molecule has 2 N–H and O–H groups in total. The molecule has 196 valence electrons. The molecule has 2 aliphatic rings. The van der Waals surface area contributed by atoms with E-state index in [0.717, 1.165) is 31.4 Å². The smallest absolute Gasteiger partial charge is 0.416 e. The number of amides is 1. The van der Waals surface area contributed by atoms with Crippen LogP contribution < -0.4 is 15.5 Å². The van der Waals surface area contributed by atoms with Gasteiger partial charge in [-0.15, -0.1) is 0 Å². The molecule has 2 aromatic heterocycles. The molecule has 0 bridgehead atoms. The van der Waals surface area contributed by atoms with E-state index in [9.17, 15) is 22.8 Å². The zero-order valence-electron chi connectivity index (χ0n) is 20.2. The average Bonchev–Trinajstić information content (AvgIpc) is 3.38. The Balaban J connectivity index is 1.51. The number of nitrogens with zero attached hydrogens (tertiary/aromatic N) is 4. The molecule has 2 heterocycles. The van der Waals surface area contributed by atoms with E-state index >= 15 is 0 Å². The summed E-state index contributed by atoms with van der Waals surface area (Å²) in [6, 6.07) is 2.99. The Morgan fingerprint density at radius 1 is 1.18 bits per heavy atom. The van der Waals surface area contributed by atoms with Crippen LogP contribution in [-0.4, -0.2) is 32.7 Å². The van der Waals surface area contributed by atoms with Gasteiger partial charge in [-0.05, 0) is 50.5 Å². The molecule has 1 saturated carbocycles. The molecule has 2 aliphatic carbocycles. The SMILES string of the molecule is Cc1cnc(Nc2cc(C(=O)NC3CCC3)cc(C(F)(F)F)c2)nc1N(C1=CC=CCC1=O)c1cnco1. The van der Waals surface area contributed by atoms with E-state index in [1.54, 1.807) is 25.2 Å². The van der Waals surface area contributed by atoms with Crippen molar-refractivity contribution in [2.24, 2.45) is 0 Å². The van der Waals surface area contributed by atoms with E-state index in [-0.39, 0.29) is 52.8 Å². The number of carbonyl (C=O) groups is 2. The lowest BCUT2D eigenvalue weighted by Gasteiger charge is -2.26. The summed E-state index contributed by atoms with van der Waals surface area (Å²) in [6.07, 6.45) is 7.23. The highest BCUT2D eigenvalue weighted by atomic mass is 19.4. The number of hydrogen-bond acceptors (Lipinski definition) is 8. The highest BCUT2D eigenvalue weighted by Crippen LogP contribution is 2.35. The number of anilines is 4. The number of oxazole rings is 1. The lowest BCUT2D eigenvalue weighted by Crippen LogP contribution is -2.39. The van der Waals surface area contributed by atoms with Crippen LogP contribution in [0.25, 0.3) is 0 Å². The second-order valence-corrected chi connectivity index (χ2v) is 9.01. The second-order valence-electron chi connectivity index (χ2n) is 9.01. The average molecular weight is 525 g/mol. The van der Waals surface area contributed by atoms with Crippen molar-refractivity contribution in [2.75, 3.05) is 10.2 Å². The number of alkyl halides is 3. The predicted octanol–water partition coefficient (Wildman–Crippen LogP) is 5.37. The first-order chi connectivity index (χ1) is 18.2. The number of benzene rings is 1. The van der Waals surface area contributed by atoms with Crippen molar-refractivity contribution in [3.63, 3.8) is 0 Å². The molecule has 0 spiro atoms. The summed E-state index contributed by atoms with van der Waals surface area (Å²) in [4.78, 5) is 39.5. The Kier molecular flexibility index (Phi) is 6.70. The number of aryl methyl sites for hydroxylation is 1. The minimum Gasteiger partial charge on any atom is -0.427 e. The van der Waals surface area contributed by atoms with Gasteiger partial charge in [0.2, 0.25) is 11.8 Å². The zero-order chi connectivity index (χ0) is 26.9. The maximum atomic E-state index is 13.7. The first kappa shape index (κ1) is 25.2. The van der Waals surface area contributed by atoms with E-state index in [1.165, 1.54) is 29.8 Å². The van der Waals surface area contributed by atoms with Gasteiger partial charge in [-0.25, -0.2) is 9.97 Å². The third kappa shape index (κ3) is 5.29. The first-order valence-electron chi connectivity index (χ1n) is 11.9. The Labute approximate surface area is 215 Å². The number of rotatable bonds is 7. The van der Waals surface area contributed by atoms with Crippen LogP contribution in [0.5, 0.6) is 0 Å². The van der Waals surface area contributed by atoms with Gasteiger partial charge in [-0.2, -0.15) is 18.2 Å². The molecule has 5 rings (SSSR count). The molecule has 0 atom stereocenters. The van der Waals surface area contributed by atoms with Gasteiger partial charge in [-0.1, -0.05) is 12.2 Å². The van der Waals surface area contributed by atoms with Crippen LogP contribution in [0.15, 0.2) is 65.3 Å². The minimum atomic E-state index is -4.67. The number of nitrogens with one attached hydrogen (secondary N) is 2. The van der Waals surface area contributed by atoms with E-state index < -0.39 is 17.6 Å². The van der Waals surface area contributed by atoms with Gasteiger partial charge in [0.25, 0.3) is 5.91 Å². The third-order valence-corrected chi connectivity index (χ3v) is 6.24. The van der Waals surface area contributed by atoms with Crippen LogP contribution in [0.3, 0.4) is 0 Å². The maximum absolute atomic E-state index is 13.7. The molecule has 12 heteroatoms. The molecule has 0 unspecified atom stereocenters. The van der Waals surface area contributed by atoms with Crippen LogP contribution in [-0.2, 0) is 11.0 Å². The number of hydrogen-bond donors (Lipinski definition) is 2. The van der Waals surface area contributed by atoms with Gasteiger partial charge in [0.1, 0.15) is 5.82 Å². The second kappa shape index (κ2) is 10.1. The number of carbonyl (C=O) groups excluding carboxylic acids is 2. The minimum absolute atomic E-state index is 0.0181. The number of Topliss-reactive ketones (excluding diaryl/α,β-unsaturated/α-hetero) is 1. The first-order valence-corrected chi connectivity index (χ1v) is 11.9. The van der Waals surface area contributed by atoms with Crippen molar-refractivity contribution in [1.29, 1.82) is 0 Å². The van der Waals surface area contributed by atoms with Crippen molar-refractivity contribution in [3.8, 4) is 0 Å². The highest BCUT2D eigenvalue weighted by molar-refractivity contribution is 6.02. The maximum Gasteiger partial charge on any atom is 0.416 e. The summed E-state index contributed by atoms with van der Waals surface area (Å²) < 4.78 is 46.4. The Morgan fingerprint density at radius 2 is 2.00 bits per heavy atom. The van der Waals surface area contributed by atoms with Gasteiger partial charge in [0.05, 0.1) is 17.5 Å². The fourth-order valence-electron chi connectivity index (χ4n) is 4.05. The van der Waals surface area contributed by atoms with Crippen LogP contribution in [0.2, 0.25) is 0 Å². The van der Waals surface area contributed by atoms with E-state index in [0.29, 0.717) is 5.56 Å². The number of halogens is 3. The monoisotopic (exact) mass is 524 g/mol. The van der Waals surface area contributed by atoms with Crippen LogP contribution in [0.1, 0.15) is 47.2 Å². The molecule has 1 aromatic carbocycles. The molecule has 0 radical (unpaired) electrons. The quantitative estimate of drug-likeness (QED) is 0.424. The highest BCUT2D eigenvalue weighted by Gasteiger charge is 2.33. The summed E-state index contributed by atoms with van der Waals surface area (Å²) in [5, 5.41) is 5.54. The van der Waals surface area contributed by atoms with E-state index in [1.807, 2.05) is 0 Å². The summed E-state index contributed by atoms with van der Waals surface area (Å²) >= 11 is 0. The van der Waals surface area contributed by atoms with Gasteiger partial charge < -0.3 is 15.1 Å². The fraction of sp³-hybridized carbons (Fsp3) is 0.269. The molecule has 3 aromatic rings. The van der Waals surface area contributed by atoms with Crippen LogP contribution in [0.4, 0.5) is 36.5 Å². The standard InChI is InChI=1S/C26H23F3N6O3/c1-15-12-31-25(34-23(15)35(22-13-30-14-38-22)20-7-2-3-8-21(20)36)33-19-10-16(9-17(11-19)26(27,28)29)24(37)32-18-5-4-6-18/h2-3,7,9-14,18H,4-6,8H2,1H3,(H,32,37)(H,31,33,34). The summed E-state index contributed by atoms with van der Waals surface area (Å²) in [5.41, 5.74) is -0.280. The number of aromatic nitrogens is 3. The third-order valence-electron chi connectivity index (χ3n) is 6.24. The fourth-order valence-corrected chi connectivity index (χ4v) is 4.05. The summed E-state index contributed by atoms with van der Waals surface area (Å²) in [5.74, 6) is -0.317. The normalized spacial score (nSPS) is 15.6. The number of ketones is 1. The molecule has 1 amide bonds. The van der Waals surface area contributed by atoms with Gasteiger partial charge >= 0.3 is 6.18 Å². The summed E-state index contributed by atoms with van der Waals surface area (Å²) in [7, 11) is 0. The zero-order valence-corrected chi connectivity index (χ0v) is 20.2. The molecular formula is C26H23F3N6O3. The van der Waals surface area contributed by atoms with E-state index in [2.05, 4.69) is 25.6 Å². The lowest BCUT2D eigenvalue weighted by atomic mass is 9.93. The van der Waals surface area contributed by atoms with Crippen LogP contribution >= 0.6 is 0 Å². The molecular weight excluding hydrogens is 501 g/mol. The summed E-state index contributed by atoms with van der Waals surface area (Å²) in [6.45, 7) is 1.72. The van der Waals surface area contributed by atoms with Gasteiger partial charge in [-0.3, -0.25) is 14.5 Å². The van der Waals surface area contributed by atoms with Gasteiger partial charge in [0, 0.05) is 35.5 Å². The van der Waals surface area contributed by atoms with Gasteiger partial charge in [0.15, 0.2) is 12.2 Å². The molecule has 9 nitrogen and oxygen atoms in total. The molecule has 0 saturated heterocycles. The van der Waals surface area contributed by atoms with Crippen molar-refractivity contribution in [1.82, 2.24) is 20.3 Å². The predicted molar refractivity (Wildman–Crippen MR) is 132 cm³/mol. The Morgan fingerprint density at radius 3 is 2.66 bits per heavy atom. The van der Waals surface area contributed by atoms with Crippen molar-refractivity contribution >= 4 is 35.0 Å². The van der Waals surface area contributed by atoms with E-state index in [4.69, 9.17) is 4.42 Å². The van der Waals surface area contributed by atoms with Crippen molar-refractivity contribution < 1.29 is 27.2 Å². The molecule has 1 fully saturated rings. The van der Waals surface area contributed by atoms with Crippen molar-refractivity contribution in [3.05, 3.63) is 77.6 Å². The topological polar surface area (TPSA) is 113 Å². The van der Waals surface area contributed by atoms with Crippen molar-refractivity contribution in [2.45, 2.75) is 44.8 Å². The molecule has 38 heavy (non-hydrogen) atoms. The lowest BCUT2D eigenvalue weighted by molar-refractivity contribution is -0.137.